The first-order valence-electron chi connectivity index (χ1n) is 5.36. The van der Waals surface area contributed by atoms with Crippen LogP contribution in [0.4, 0.5) is 0 Å². The van der Waals surface area contributed by atoms with Crippen molar-refractivity contribution in [2.75, 3.05) is 7.11 Å². The van der Waals surface area contributed by atoms with Gasteiger partial charge in [-0.2, -0.15) is 0 Å². The molecule has 0 aliphatic heterocycles. The van der Waals surface area contributed by atoms with Gasteiger partial charge in [0.15, 0.2) is 0 Å². The minimum absolute atomic E-state index is 0.344. The fourth-order valence-electron chi connectivity index (χ4n) is 1.44. The van der Waals surface area contributed by atoms with Crippen molar-refractivity contribution >= 4 is 6.08 Å². The summed E-state index contributed by atoms with van der Waals surface area (Å²) in [7, 11) is 1.65. The summed E-state index contributed by atoms with van der Waals surface area (Å²) >= 11 is 0. The van der Waals surface area contributed by atoms with Gasteiger partial charge in [-0.05, 0) is 18.9 Å². The van der Waals surface area contributed by atoms with Gasteiger partial charge >= 0.3 is 0 Å². The minimum atomic E-state index is -0.344. The maximum atomic E-state index is 9.50. The van der Waals surface area contributed by atoms with Gasteiger partial charge in [0.25, 0.3) is 0 Å². The van der Waals surface area contributed by atoms with Gasteiger partial charge in [-0.15, -0.1) is 6.58 Å². The van der Waals surface area contributed by atoms with Crippen molar-refractivity contribution in [1.29, 1.82) is 0 Å². The summed E-state index contributed by atoms with van der Waals surface area (Å²) in [4.78, 5) is 0. The van der Waals surface area contributed by atoms with E-state index in [0.29, 0.717) is 12.8 Å². The molecule has 1 N–H and O–H groups in total. The molecule has 1 rings (SSSR count). The number of aliphatic hydroxyl groups is 1. The molecule has 1 atom stereocenters. The summed E-state index contributed by atoms with van der Waals surface area (Å²) < 4.78 is 5.22. The predicted molar refractivity (Wildman–Crippen MR) is 67.5 cm³/mol. The molecule has 0 unspecified atom stereocenters. The lowest BCUT2D eigenvalue weighted by Crippen LogP contribution is -2.01. The van der Waals surface area contributed by atoms with Crippen LogP contribution in [0.25, 0.3) is 6.08 Å². The maximum absolute atomic E-state index is 9.50. The molecular weight excluding hydrogens is 200 g/mol. The minimum Gasteiger partial charge on any atom is -0.496 e. The van der Waals surface area contributed by atoms with E-state index in [-0.39, 0.29) is 6.10 Å². The standard InChI is InChI=1S/C14H18O2/c1-3-7-13(15)10-6-9-12-8-4-5-11-14(12)16-2/h3-6,8-9,11,13,15H,1,7,10H2,2H3/b9-6+/t13-/m0/s1. The van der Waals surface area contributed by atoms with Crippen molar-refractivity contribution in [2.24, 2.45) is 0 Å². The largest absolute Gasteiger partial charge is 0.496 e. The number of ether oxygens (including phenoxy) is 1. The molecule has 2 heteroatoms. The van der Waals surface area contributed by atoms with Crippen molar-refractivity contribution in [3.05, 3.63) is 48.6 Å². The summed E-state index contributed by atoms with van der Waals surface area (Å²) in [5.41, 5.74) is 1.02. The van der Waals surface area contributed by atoms with E-state index in [1.165, 1.54) is 0 Å². The summed E-state index contributed by atoms with van der Waals surface area (Å²) in [6.07, 6.45) is 6.54. The van der Waals surface area contributed by atoms with Gasteiger partial charge in [-0.3, -0.25) is 0 Å². The second-order valence-corrected chi connectivity index (χ2v) is 3.56. The molecule has 1 aromatic carbocycles. The topological polar surface area (TPSA) is 29.5 Å². The zero-order valence-corrected chi connectivity index (χ0v) is 9.60. The van der Waals surface area contributed by atoms with Crippen LogP contribution in [0.15, 0.2) is 43.0 Å². The molecule has 2 nitrogen and oxygen atoms in total. The van der Waals surface area contributed by atoms with Crippen LogP contribution in [-0.4, -0.2) is 18.3 Å². The molecule has 0 aromatic heterocycles. The number of methoxy groups -OCH3 is 1. The molecule has 0 bridgehead atoms. The van der Waals surface area contributed by atoms with E-state index in [0.717, 1.165) is 11.3 Å². The average Bonchev–Trinajstić information content (AvgIpc) is 2.30. The third-order valence-electron chi connectivity index (χ3n) is 2.28. The quantitative estimate of drug-likeness (QED) is 0.744. The number of para-hydroxylation sites is 1. The lowest BCUT2D eigenvalue weighted by molar-refractivity contribution is 0.181. The molecule has 0 saturated carbocycles. The van der Waals surface area contributed by atoms with Crippen LogP contribution in [0.3, 0.4) is 0 Å². The van der Waals surface area contributed by atoms with E-state index in [2.05, 4.69) is 6.58 Å². The highest BCUT2D eigenvalue weighted by Crippen LogP contribution is 2.19. The molecule has 0 fully saturated rings. The zero-order chi connectivity index (χ0) is 11.8. The third-order valence-corrected chi connectivity index (χ3v) is 2.28. The Morgan fingerprint density at radius 2 is 2.12 bits per heavy atom. The summed E-state index contributed by atoms with van der Waals surface area (Å²) in [5, 5.41) is 9.50. The Kier molecular flexibility index (Phi) is 5.37. The molecule has 0 aliphatic rings. The summed E-state index contributed by atoms with van der Waals surface area (Å²) in [6.45, 7) is 3.59. The average molecular weight is 218 g/mol. The lowest BCUT2D eigenvalue weighted by Gasteiger charge is -2.05. The molecule has 0 heterocycles. The highest BCUT2D eigenvalue weighted by molar-refractivity contribution is 5.57. The second kappa shape index (κ2) is 6.85. The van der Waals surface area contributed by atoms with E-state index in [9.17, 15) is 5.11 Å². The van der Waals surface area contributed by atoms with Crippen molar-refractivity contribution in [3.8, 4) is 5.75 Å². The van der Waals surface area contributed by atoms with Gasteiger partial charge in [0.2, 0.25) is 0 Å². The van der Waals surface area contributed by atoms with E-state index in [1.54, 1.807) is 13.2 Å². The first-order valence-corrected chi connectivity index (χ1v) is 5.36. The van der Waals surface area contributed by atoms with E-state index in [4.69, 9.17) is 4.74 Å². The number of aliphatic hydroxyl groups excluding tert-OH is 1. The van der Waals surface area contributed by atoms with Crippen molar-refractivity contribution in [1.82, 2.24) is 0 Å². The molecule has 16 heavy (non-hydrogen) atoms. The van der Waals surface area contributed by atoms with Gasteiger partial charge in [0, 0.05) is 5.56 Å². The Hall–Kier alpha value is -1.54. The maximum Gasteiger partial charge on any atom is 0.126 e. The first-order chi connectivity index (χ1) is 7.77. The van der Waals surface area contributed by atoms with Crippen LogP contribution in [-0.2, 0) is 0 Å². The normalized spacial score (nSPS) is 12.6. The summed E-state index contributed by atoms with van der Waals surface area (Å²) in [6, 6.07) is 7.79. The van der Waals surface area contributed by atoms with E-state index in [1.807, 2.05) is 36.4 Å². The third kappa shape index (κ3) is 3.91. The molecule has 0 spiro atoms. The van der Waals surface area contributed by atoms with Gasteiger partial charge < -0.3 is 9.84 Å². The molecule has 86 valence electrons. The van der Waals surface area contributed by atoms with E-state index >= 15 is 0 Å². The molecular formula is C14H18O2. The molecule has 0 aliphatic carbocycles. The van der Waals surface area contributed by atoms with Crippen molar-refractivity contribution < 1.29 is 9.84 Å². The molecule has 0 amide bonds. The monoisotopic (exact) mass is 218 g/mol. The van der Waals surface area contributed by atoms with E-state index < -0.39 is 0 Å². The number of hydrogen-bond acceptors (Lipinski definition) is 2. The Labute approximate surface area is 96.9 Å². The Balaban J connectivity index is 2.58. The zero-order valence-electron chi connectivity index (χ0n) is 9.60. The smallest absolute Gasteiger partial charge is 0.126 e. The molecule has 1 aromatic rings. The predicted octanol–water partition coefficient (Wildman–Crippen LogP) is 3.04. The van der Waals surface area contributed by atoms with Crippen LogP contribution >= 0.6 is 0 Å². The second-order valence-electron chi connectivity index (χ2n) is 3.56. The molecule has 0 saturated heterocycles. The Bertz CT molecular complexity index is 356. The van der Waals surface area contributed by atoms with Crippen LogP contribution in [0.1, 0.15) is 18.4 Å². The number of hydrogen-bond donors (Lipinski definition) is 1. The van der Waals surface area contributed by atoms with Gasteiger partial charge in [-0.25, -0.2) is 0 Å². The Morgan fingerprint density at radius 3 is 2.81 bits per heavy atom. The van der Waals surface area contributed by atoms with Crippen LogP contribution < -0.4 is 4.74 Å². The number of rotatable bonds is 6. The molecule has 0 radical (unpaired) electrons. The van der Waals surface area contributed by atoms with Crippen LogP contribution in [0, 0.1) is 0 Å². The van der Waals surface area contributed by atoms with Gasteiger partial charge in [0.1, 0.15) is 5.75 Å². The fourth-order valence-corrected chi connectivity index (χ4v) is 1.44. The van der Waals surface area contributed by atoms with Crippen LogP contribution in [0.5, 0.6) is 5.75 Å². The fraction of sp³-hybridized carbons (Fsp3) is 0.286. The van der Waals surface area contributed by atoms with Gasteiger partial charge in [-0.1, -0.05) is 36.4 Å². The van der Waals surface area contributed by atoms with Crippen molar-refractivity contribution in [2.45, 2.75) is 18.9 Å². The first kappa shape index (κ1) is 12.5. The lowest BCUT2D eigenvalue weighted by atomic mass is 10.1. The van der Waals surface area contributed by atoms with Gasteiger partial charge in [0.05, 0.1) is 13.2 Å². The van der Waals surface area contributed by atoms with Crippen molar-refractivity contribution in [3.63, 3.8) is 0 Å². The summed E-state index contributed by atoms with van der Waals surface area (Å²) in [5.74, 6) is 0.844. The SMILES string of the molecule is C=CC[C@H](O)C/C=C/c1ccccc1OC. The highest BCUT2D eigenvalue weighted by Gasteiger charge is 1.99. The highest BCUT2D eigenvalue weighted by atomic mass is 16.5. The van der Waals surface area contributed by atoms with Crippen LogP contribution in [0.2, 0.25) is 0 Å². The Morgan fingerprint density at radius 1 is 1.38 bits per heavy atom. The number of benzene rings is 1.